The van der Waals surface area contributed by atoms with Gasteiger partial charge in [0.2, 0.25) is 0 Å². The molecule has 0 aromatic heterocycles. The largest absolute Gasteiger partial charge is 0.446 e. The van der Waals surface area contributed by atoms with Crippen molar-refractivity contribution in [2.75, 3.05) is 0 Å². The van der Waals surface area contributed by atoms with Crippen LogP contribution in [0.25, 0.3) is 0 Å². The molecule has 5 heteroatoms. The van der Waals surface area contributed by atoms with Gasteiger partial charge in [0.05, 0.1) is 0 Å². The minimum absolute atomic E-state index is 0.0965. The molecule has 0 aliphatic heterocycles. The third kappa shape index (κ3) is 3.48. The molecule has 13 heavy (non-hydrogen) atoms. The predicted octanol–water partition coefficient (Wildman–Crippen LogP) is 4.04. The summed E-state index contributed by atoms with van der Waals surface area (Å²) in [5.41, 5.74) is -3.74. The van der Waals surface area contributed by atoms with E-state index in [4.69, 9.17) is 11.6 Å². The van der Waals surface area contributed by atoms with Gasteiger partial charge in [0.15, 0.2) is 0 Å². The second kappa shape index (κ2) is 4.24. The van der Waals surface area contributed by atoms with Crippen molar-refractivity contribution in [3.8, 4) is 0 Å². The van der Waals surface area contributed by atoms with E-state index in [0.29, 0.717) is 5.56 Å². The molecule has 0 unspecified atom stereocenters. The normalized spacial score (nSPS) is 11.7. The summed E-state index contributed by atoms with van der Waals surface area (Å²) in [6.07, 6.45) is 0. The first-order chi connectivity index (χ1) is 6.03. The lowest BCUT2D eigenvalue weighted by molar-refractivity contribution is -0.0328. The van der Waals surface area contributed by atoms with Gasteiger partial charge in [0.25, 0.3) is 0 Å². The number of hydrogen-bond donors (Lipinski definition) is 0. The molecule has 0 radical (unpaired) electrons. The Morgan fingerprint density at radius 2 is 1.85 bits per heavy atom. The van der Waals surface area contributed by atoms with Crippen LogP contribution < -0.4 is 0 Å². The SMILES string of the molecule is FC(F)(F)Sc1ccccc1CCl. The summed E-state index contributed by atoms with van der Waals surface area (Å²) in [6.45, 7) is 0. The van der Waals surface area contributed by atoms with Gasteiger partial charge < -0.3 is 0 Å². The molecule has 0 aliphatic rings. The molecule has 0 heterocycles. The van der Waals surface area contributed by atoms with E-state index in [2.05, 4.69) is 0 Å². The molecule has 0 atom stereocenters. The van der Waals surface area contributed by atoms with Crippen LogP contribution in [-0.4, -0.2) is 5.51 Å². The van der Waals surface area contributed by atoms with E-state index >= 15 is 0 Å². The van der Waals surface area contributed by atoms with Crippen molar-refractivity contribution in [3.63, 3.8) is 0 Å². The van der Waals surface area contributed by atoms with Gasteiger partial charge in [0.1, 0.15) is 0 Å². The van der Waals surface area contributed by atoms with Crippen molar-refractivity contribution in [2.45, 2.75) is 16.3 Å². The van der Waals surface area contributed by atoms with Crippen LogP contribution in [0, 0.1) is 0 Å². The smallest absolute Gasteiger partial charge is 0.160 e. The van der Waals surface area contributed by atoms with Gasteiger partial charge in [-0.2, -0.15) is 13.2 Å². The van der Waals surface area contributed by atoms with Crippen LogP contribution in [0.3, 0.4) is 0 Å². The lowest BCUT2D eigenvalue weighted by Crippen LogP contribution is -2.00. The maximum absolute atomic E-state index is 12.0. The third-order valence-electron chi connectivity index (χ3n) is 1.34. The van der Waals surface area contributed by atoms with Crippen molar-refractivity contribution in [1.82, 2.24) is 0 Å². The van der Waals surface area contributed by atoms with Crippen LogP contribution in [0.2, 0.25) is 0 Å². The van der Waals surface area contributed by atoms with Crippen molar-refractivity contribution in [1.29, 1.82) is 0 Å². The van der Waals surface area contributed by atoms with Crippen LogP contribution in [0.15, 0.2) is 29.2 Å². The summed E-state index contributed by atoms with van der Waals surface area (Å²) >= 11 is 5.35. The molecule has 0 saturated carbocycles. The maximum Gasteiger partial charge on any atom is 0.446 e. The Bertz CT molecular complexity index is 285. The molecule has 1 aromatic carbocycles. The van der Waals surface area contributed by atoms with E-state index in [1.165, 1.54) is 6.07 Å². The summed E-state index contributed by atoms with van der Waals surface area (Å²) < 4.78 is 35.9. The predicted molar refractivity (Wildman–Crippen MR) is 47.9 cm³/mol. The highest BCUT2D eigenvalue weighted by molar-refractivity contribution is 8.00. The molecule has 1 aromatic rings. The average Bonchev–Trinajstić information content (AvgIpc) is 2.02. The zero-order valence-corrected chi connectivity index (χ0v) is 8.01. The van der Waals surface area contributed by atoms with Crippen LogP contribution in [0.4, 0.5) is 13.2 Å². The fraction of sp³-hybridized carbons (Fsp3) is 0.250. The van der Waals surface area contributed by atoms with Gasteiger partial charge in [-0.1, -0.05) is 18.2 Å². The van der Waals surface area contributed by atoms with Gasteiger partial charge in [-0.3, -0.25) is 0 Å². The molecule has 0 saturated heterocycles. The minimum Gasteiger partial charge on any atom is -0.160 e. The third-order valence-corrected chi connectivity index (χ3v) is 2.48. The molecule has 0 fully saturated rings. The Kier molecular flexibility index (Phi) is 3.50. The van der Waals surface area contributed by atoms with E-state index in [1.54, 1.807) is 18.2 Å². The Morgan fingerprint density at radius 1 is 1.23 bits per heavy atom. The molecule has 0 aliphatic carbocycles. The van der Waals surface area contributed by atoms with E-state index in [0.717, 1.165) is 0 Å². The second-order valence-corrected chi connectivity index (χ2v) is 3.66. The monoisotopic (exact) mass is 226 g/mol. The molecule has 0 amide bonds. The zero-order chi connectivity index (χ0) is 9.90. The first-order valence-electron chi connectivity index (χ1n) is 3.42. The standard InChI is InChI=1S/C8H6ClF3S/c9-5-6-3-1-2-4-7(6)13-8(10,11)12/h1-4H,5H2. The van der Waals surface area contributed by atoms with Crippen LogP contribution in [0.1, 0.15) is 5.56 Å². The second-order valence-electron chi connectivity index (χ2n) is 2.29. The molecule has 72 valence electrons. The van der Waals surface area contributed by atoms with Crippen LogP contribution in [0.5, 0.6) is 0 Å². The van der Waals surface area contributed by atoms with Gasteiger partial charge >= 0.3 is 5.51 Å². The van der Waals surface area contributed by atoms with Gasteiger partial charge in [-0.05, 0) is 23.4 Å². The number of rotatable bonds is 2. The first kappa shape index (κ1) is 10.7. The number of benzene rings is 1. The van der Waals surface area contributed by atoms with Crippen LogP contribution in [-0.2, 0) is 5.88 Å². The van der Waals surface area contributed by atoms with Crippen molar-refractivity contribution < 1.29 is 13.2 Å². The Hall–Kier alpha value is -0.350. The van der Waals surface area contributed by atoms with Gasteiger partial charge in [-0.25, -0.2) is 0 Å². The molecular weight excluding hydrogens is 221 g/mol. The van der Waals surface area contributed by atoms with Crippen molar-refractivity contribution in [3.05, 3.63) is 29.8 Å². The highest BCUT2D eigenvalue weighted by Gasteiger charge is 2.29. The maximum atomic E-state index is 12.0. The summed E-state index contributed by atoms with van der Waals surface area (Å²) in [6, 6.07) is 6.22. The fourth-order valence-corrected chi connectivity index (χ4v) is 1.82. The summed E-state index contributed by atoms with van der Waals surface area (Å²) in [4.78, 5) is 0.171. The van der Waals surface area contributed by atoms with E-state index in [-0.39, 0.29) is 22.5 Å². The first-order valence-corrected chi connectivity index (χ1v) is 4.77. The topological polar surface area (TPSA) is 0 Å². The number of thioether (sulfide) groups is 1. The molecule has 0 bridgehead atoms. The Morgan fingerprint density at radius 3 is 2.38 bits per heavy atom. The molecule has 0 spiro atoms. The highest BCUT2D eigenvalue weighted by atomic mass is 35.5. The summed E-state index contributed by atoms with van der Waals surface area (Å²) in [7, 11) is 0. The Labute approximate surface area is 83.1 Å². The van der Waals surface area contributed by atoms with E-state index in [1.807, 2.05) is 0 Å². The Balaban J connectivity index is 2.87. The molecule has 1 rings (SSSR count). The lowest BCUT2D eigenvalue weighted by atomic mass is 10.2. The minimum atomic E-state index is -4.25. The molecule has 0 nitrogen and oxygen atoms in total. The summed E-state index contributed by atoms with van der Waals surface area (Å²) in [5.74, 6) is 0.0965. The van der Waals surface area contributed by atoms with E-state index < -0.39 is 5.51 Å². The number of hydrogen-bond acceptors (Lipinski definition) is 1. The number of halogens is 4. The number of alkyl halides is 4. The highest BCUT2D eigenvalue weighted by Crippen LogP contribution is 2.38. The van der Waals surface area contributed by atoms with Crippen molar-refractivity contribution >= 4 is 23.4 Å². The van der Waals surface area contributed by atoms with E-state index in [9.17, 15) is 13.2 Å². The lowest BCUT2D eigenvalue weighted by Gasteiger charge is -2.08. The average molecular weight is 227 g/mol. The quantitative estimate of drug-likeness (QED) is 0.542. The summed E-state index contributed by atoms with van der Waals surface area (Å²) in [5, 5.41) is 0. The zero-order valence-electron chi connectivity index (χ0n) is 6.44. The van der Waals surface area contributed by atoms with Gasteiger partial charge in [-0.15, -0.1) is 11.6 Å². The van der Waals surface area contributed by atoms with Crippen molar-refractivity contribution in [2.24, 2.45) is 0 Å². The molecule has 0 N–H and O–H groups in total. The van der Waals surface area contributed by atoms with Gasteiger partial charge in [0, 0.05) is 10.8 Å². The fourth-order valence-electron chi connectivity index (χ4n) is 0.838. The molecular formula is C8H6ClF3S. The van der Waals surface area contributed by atoms with Crippen LogP contribution >= 0.6 is 23.4 Å².